The van der Waals surface area contributed by atoms with Crippen LogP contribution in [0.4, 0.5) is 13.2 Å². The first-order valence-corrected chi connectivity index (χ1v) is 7.86. The number of hydrogen-bond acceptors (Lipinski definition) is 5. The number of ether oxygens (including phenoxy) is 1. The molecular weight excluding hydrogens is 371 g/mol. The molecule has 0 bridgehead atoms. The Bertz CT molecular complexity index is 1080. The van der Waals surface area contributed by atoms with Gasteiger partial charge in [-0.1, -0.05) is 0 Å². The smallest absolute Gasteiger partial charge is 0.383 e. The summed E-state index contributed by atoms with van der Waals surface area (Å²) in [5.41, 5.74) is -1.72. The fourth-order valence-electron chi connectivity index (χ4n) is 2.59. The Kier molecular flexibility index (Phi) is 4.67. The molecule has 0 atom stereocenters. The van der Waals surface area contributed by atoms with Gasteiger partial charge in [-0.2, -0.15) is 18.3 Å². The maximum absolute atomic E-state index is 13.6. The third kappa shape index (κ3) is 3.27. The molecule has 3 aromatic heterocycles. The van der Waals surface area contributed by atoms with Crippen molar-refractivity contribution in [1.82, 2.24) is 24.3 Å². The quantitative estimate of drug-likeness (QED) is 0.699. The number of methoxy groups -OCH3 is 1. The molecule has 0 fully saturated rings. The molecular formula is C15H14F3N5O2S. The summed E-state index contributed by atoms with van der Waals surface area (Å²) in [7, 11) is 3.09. The van der Waals surface area contributed by atoms with Crippen LogP contribution >= 0.6 is 12.2 Å². The molecule has 0 spiro atoms. The summed E-state index contributed by atoms with van der Waals surface area (Å²) in [6.45, 7) is 0.332. The average molecular weight is 385 g/mol. The normalized spacial score (nSPS) is 12.0. The maximum Gasteiger partial charge on any atom is 0.417 e. The fraction of sp³-hybridized carbons (Fsp3) is 0.333. The van der Waals surface area contributed by atoms with Gasteiger partial charge >= 0.3 is 6.18 Å². The van der Waals surface area contributed by atoms with Crippen LogP contribution in [0.2, 0.25) is 0 Å². The van der Waals surface area contributed by atoms with Crippen LogP contribution in [0.15, 0.2) is 23.3 Å². The summed E-state index contributed by atoms with van der Waals surface area (Å²) in [6, 6.07) is 0.846. The van der Waals surface area contributed by atoms with Crippen LogP contribution in [-0.4, -0.2) is 38.0 Å². The summed E-state index contributed by atoms with van der Waals surface area (Å²) in [5.74, 6) is 0. The summed E-state index contributed by atoms with van der Waals surface area (Å²) in [6.07, 6.45) is -1.81. The zero-order valence-corrected chi connectivity index (χ0v) is 14.6. The van der Waals surface area contributed by atoms with Gasteiger partial charge in [0.1, 0.15) is 5.65 Å². The first-order valence-electron chi connectivity index (χ1n) is 7.45. The van der Waals surface area contributed by atoms with E-state index in [0.29, 0.717) is 5.56 Å². The molecule has 1 N–H and O–H groups in total. The van der Waals surface area contributed by atoms with Gasteiger partial charge in [-0.3, -0.25) is 14.5 Å². The lowest BCUT2D eigenvalue weighted by Crippen LogP contribution is -2.21. The van der Waals surface area contributed by atoms with E-state index in [2.05, 4.69) is 15.1 Å². The van der Waals surface area contributed by atoms with Gasteiger partial charge in [0, 0.05) is 25.9 Å². The lowest BCUT2D eigenvalue weighted by molar-refractivity contribution is -0.136. The monoisotopic (exact) mass is 385 g/mol. The Balaban J connectivity index is 2.43. The van der Waals surface area contributed by atoms with E-state index in [1.807, 2.05) is 0 Å². The van der Waals surface area contributed by atoms with E-state index in [4.69, 9.17) is 17.0 Å². The van der Waals surface area contributed by atoms with Crippen LogP contribution in [0.25, 0.3) is 22.3 Å². The fourth-order valence-corrected chi connectivity index (χ4v) is 2.86. The molecule has 0 saturated heterocycles. The van der Waals surface area contributed by atoms with Crippen molar-refractivity contribution in [1.29, 1.82) is 0 Å². The highest BCUT2D eigenvalue weighted by Crippen LogP contribution is 2.35. The average Bonchev–Trinajstić information content (AvgIpc) is 2.99. The maximum atomic E-state index is 13.6. The lowest BCUT2D eigenvalue weighted by atomic mass is 10.1. The molecule has 0 aliphatic rings. The number of aryl methyl sites for hydroxylation is 1. The van der Waals surface area contributed by atoms with Crippen molar-refractivity contribution >= 4 is 23.3 Å². The van der Waals surface area contributed by atoms with E-state index in [1.165, 1.54) is 28.8 Å². The van der Waals surface area contributed by atoms with Crippen molar-refractivity contribution in [2.75, 3.05) is 13.7 Å². The van der Waals surface area contributed by atoms with Gasteiger partial charge in [0.05, 0.1) is 36.0 Å². The Labute approximate surface area is 150 Å². The molecule has 3 rings (SSSR count). The van der Waals surface area contributed by atoms with Crippen molar-refractivity contribution in [3.63, 3.8) is 0 Å². The molecule has 11 heteroatoms. The molecule has 0 aliphatic heterocycles. The minimum atomic E-state index is -4.74. The molecule has 3 aromatic rings. The van der Waals surface area contributed by atoms with Gasteiger partial charge < -0.3 is 9.30 Å². The van der Waals surface area contributed by atoms with Gasteiger partial charge in [-0.25, -0.2) is 4.98 Å². The first-order chi connectivity index (χ1) is 12.2. The van der Waals surface area contributed by atoms with E-state index in [9.17, 15) is 18.0 Å². The minimum Gasteiger partial charge on any atom is -0.383 e. The van der Waals surface area contributed by atoms with Crippen LogP contribution in [0, 0.1) is 4.77 Å². The standard InChI is InChI=1S/C15H14F3N5O2S/c1-22-7-8(6-19-22)10-5-9(15(16,17)18)11-12(20-10)23(3-4-25-2)14(26)21-13(11)24/h5-7H,3-4H2,1-2H3,(H,21,24,26). The highest BCUT2D eigenvalue weighted by Gasteiger charge is 2.35. The third-order valence-electron chi connectivity index (χ3n) is 3.77. The zero-order valence-electron chi connectivity index (χ0n) is 13.8. The predicted octanol–water partition coefficient (Wildman–Crippen LogP) is 2.52. The van der Waals surface area contributed by atoms with Crippen LogP contribution in [0.1, 0.15) is 5.56 Å². The molecule has 3 heterocycles. The van der Waals surface area contributed by atoms with E-state index < -0.39 is 22.7 Å². The number of rotatable bonds is 4. The van der Waals surface area contributed by atoms with Crippen LogP contribution < -0.4 is 5.56 Å². The summed E-state index contributed by atoms with van der Waals surface area (Å²) >= 11 is 5.10. The highest BCUT2D eigenvalue weighted by atomic mass is 32.1. The van der Waals surface area contributed by atoms with Gasteiger partial charge in [-0.05, 0) is 18.3 Å². The Morgan fingerprint density at radius 2 is 2.12 bits per heavy atom. The van der Waals surface area contributed by atoms with Crippen molar-refractivity contribution in [2.24, 2.45) is 7.05 Å². The summed E-state index contributed by atoms with van der Waals surface area (Å²) < 4.78 is 48.6. The number of nitrogens with one attached hydrogen (secondary N) is 1. The molecule has 7 nitrogen and oxygen atoms in total. The lowest BCUT2D eigenvalue weighted by Gasteiger charge is -2.15. The topological polar surface area (TPSA) is 77.7 Å². The second-order valence-corrected chi connectivity index (χ2v) is 5.94. The zero-order chi connectivity index (χ0) is 19.1. The molecule has 0 unspecified atom stereocenters. The molecule has 0 radical (unpaired) electrons. The highest BCUT2D eigenvalue weighted by molar-refractivity contribution is 7.71. The third-order valence-corrected chi connectivity index (χ3v) is 4.10. The van der Waals surface area contributed by atoms with Crippen molar-refractivity contribution in [3.05, 3.63) is 39.1 Å². The van der Waals surface area contributed by atoms with Crippen LogP contribution in [0.3, 0.4) is 0 Å². The van der Waals surface area contributed by atoms with Crippen molar-refractivity contribution in [3.8, 4) is 11.3 Å². The summed E-state index contributed by atoms with van der Waals surface area (Å²) in [4.78, 5) is 18.8. The van der Waals surface area contributed by atoms with Gasteiger partial charge in [-0.15, -0.1) is 0 Å². The van der Waals surface area contributed by atoms with Crippen LogP contribution in [0.5, 0.6) is 0 Å². The number of aromatic amines is 1. The first kappa shape index (κ1) is 18.3. The number of fused-ring (bicyclic) bond motifs is 1. The molecule has 0 aromatic carbocycles. The largest absolute Gasteiger partial charge is 0.417 e. The Morgan fingerprint density at radius 1 is 1.38 bits per heavy atom. The number of nitrogens with zero attached hydrogens (tertiary/aromatic N) is 4. The Morgan fingerprint density at radius 3 is 2.69 bits per heavy atom. The van der Waals surface area contributed by atoms with E-state index in [1.54, 1.807) is 7.05 Å². The summed E-state index contributed by atoms with van der Waals surface area (Å²) in [5, 5.41) is 3.39. The molecule has 138 valence electrons. The van der Waals surface area contributed by atoms with Gasteiger partial charge in [0.2, 0.25) is 0 Å². The SMILES string of the molecule is COCCn1c(=S)[nH]c(=O)c2c(C(F)(F)F)cc(-c3cnn(C)c3)nc21. The van der Waals surface area contributed by atoms with E-state index in [-0.39, 0.29) is 29.3 Å². The van der Waals surface area contributed by atoms with Crippen molar-refractivity contribution in [2.45, 2.75) is 12.7 Å². The number of halogens is 3. The number of hydrogen-bond donors (Lipinski definition) is 1. The number of pyridine rings is 1. The molecule has 0 aliphatic carbocycles. The van der Waals surface area contributed by atoms with Gasteiger partial charge in [0.25, 0.3) is 5.56 Å². The van der Waals surface area contributed by atoms with Crippen molar-refractivity contribution < 1.29 is 17.9 Å². The molecule has 26 heavy (non-hydrogen) atoms. The number of H-pyrrole nitrogens is 1. The number of alkyl halides is 3. The van der Waals surface area contributed by atoms with Crippen LogP contribution in [-0.2, 0) is 24.5 Å². The second kappa shape index (κ2) is 6.65. The van der Waals surface area contributed by atoms with E-state index in [0.717, 1.165) is 6.07 Å². The Hall–Kier alpha value is -2.53. The molecule has 0 amide bonds. The number of aromatic nitrogens is 5. The van der Waals surface area contributed by atoms with Gasteiger partial charge in [0.15, 0.2) is 4.77 Å². The predicted molar refractivity (Wildman–Crippen MR) is 90.3 cm³/mol. The van der Waals surface area contributed by atoms with E-state index >= 15 is 0 Å². The molecule has 0 saturated carbocycles. The minimum absolute atomic E-state index is 0.0245. The second-order valence-electron chi connectivity index (χ2n) is 5.56.